The van der Waals surface area contributed by atoms with E-state index in [1.54, 1.807) is 18.3 Å². The summed E-state index contributed by atoms with van der Waals surface area (Å²) in [6, 6.07) is 14.5. The van der Waals surface area contributed by atoms with Gasteiger partial charge in [-0.3, -0.25) is 14.8 Å². The zero-order valence-electron chi connectivity index (χ0n) is 18.3. The van der Waals surface area contributed by atoms with Gasteiger partial charge in [0.25, 0.3) is 5.91 Å². The molecule has 1 saturated heterocycles. The van der Waals surface area contributed by atoms with Crippen LogP contribution in [0.2, 0.25) is 0 Å². The molecular weight excluding hydrogens is 420 g/mol. The molecule has 33 heavy (non-hydrogen) atoms. The van der Waals surface area contributed by atoms with Gasteiger partial charge >= 0.3 is 6.03 Å². The summed E-state index contributed by atoms with van der Waals surface area (Å²) in [6.07, 6.45) is 3.56. The highest BCUT2D eigenvalue weighted by Gasteiger charge is 2.11. The molecule has 0 bridgehead atoms. The van der Waals surface area contributed by atoms with Crippen LogP contribution in [0.15, 0.2) is 60.9 Å². The zero-order chi connectivity index (χ0) is 22.9. The number of aromatic amines is 1. The SMILES string of the molecule is O=C(NCc1ccc(C(=O)NCCN2CCOCC2)cc1)Nc1ccc(-c2cn[nH]c2)cc1. The lowest BCUT2D eigenvalue weighted by molar-refractivity contribution is 0.0383. The molecule has 1 aromatic heterocycles. The van der Waals surface area contributed by atoms with Crippen LogP contribution in [0.5, 0.6) is 0 Å². The van der Waals surface area contributed by atoms with Gasteiger partial charge in [-0.05, 0) is 35.4 Å². The van der Waals surface area contributed by atoms with Gasteiger partial charge in [-0.25, -0.2) is 4.79 Å². The molecule has 0 radical (unpaired) electrons. The fraction of sp³-hybridized carbons (Fsp3) is 0.292. The molecule has 3 amide bonds. The summed E-state index contributed by atoms with van der Waals surface area (Å²) < 4.78 is 5.33. The van der Waals surface area contributed by atoms with E-state index in [1.807, 2.05) is 42.6 Å². The third-order valence-electron chi connectivity index (χ3n) is 5.46. The Morgan fingerprint density at radius 3 is 2.42 bits per heavy atom. The minimum absolute atomic E-state index is 0.0978. The van der Waals surface area contributed by atoms with Crippen LogP contribution in [-0.2, 0) is 11.3 Å². The number of urea groups is 1. The van der Waals surface area contributed by atoms with E-state index in [0.29, 0.717) is 24.3 Å². The van der Waals surface area contributed by atoms with Crippen LogP contribution in [0.4, 0.5) is 10.5 Å². The highest BCUT2D eigenvalue weighted by Crippen LogP contribution is 2.19. The second-order valence-corrected chi connectivity index (χ2v) is 7.78. The summed E-state index contributed by atoms with van der Waals surface area (Å²) in [5.41, 5.74) is 4.21. The second-order valence-electron chi connectivity index (χ2n) is 7.78. The van der Waals surface area contributed by atoms with Crippen LogP contribution in [0.25, 0.3) is 11.1 Å². The number of ether oxygens (including phenoxy) is 1. The molecule has 1 aliphatic rings. The van der Waals surface area contributed by atoms with E-state index in [0.717, 1.165) is 49.5 Å². The fourth-order valence-corrected chi connectivity index (χ4v) is 3.54. The molecule has 0 aliphatic carbocycles. The maximum atomic E-state index is 12.3. The highest BCUT2D eigenvalue weighted by atomic mass is 16.5. The van der Waals surface area contributed by atoms with Gasteiger partial charge < -0.3 is 20.7 Å². The summed E-state index contributed by atoms with van der Waals surface area (Å²) in [5.74, 6) is -0.0978. The summed E-state index contributed by atoms with van der Waals surface area (Å²) in [6.45, 7) is 5.09. The number of rotatable bonds is 8. The van der Waals surface area contributed by atoms with Gasteiger partial charge in [0, 0.05) is 55.7 Å². The van der Waals surface area contributed by atoms with Gasteiger partial charge in [0.15, 0.2) is 0 Å². The molecule has 172 valence electrons. The van der Waals surface area contributed by atoms with Crippen LogP contribution in [-0.4, -0.2) is 66.4 Å². The lowest BCUT2D eigenvalue weighted by atomic mass is 10.1. The molecule has 9 heteroatoms. The number of nitrogens with zero attached hydrogens (tertiary/aromatic N) is 2. The van der Waals surface area contributed by atoms with Crippen molar-refractivity contribution < 1.29 is 14.3 Å². The molecule has 2 aromatic carbocycles. The van der Waals surface area contributed by atoms with Crippen molar-refractivity contribution in [3.63, 3.8) is 0 Å². The number of amides is 3. The van der Waals surface area contributed by atoms with Gasteiger partial charge in [0.05, 0.1) is 19.4 Å². The van der Waals surface area contributed by atoms with Gasteiger partial charge in [0.1, 0.15) is 0 Å². The smallest absolute Gasteiger partial charge is 0.319 e. The first-order valence-electron chi connectivity index (χ1n) is 11.0. The number of carbonyl (C=O) groups excluding carboxylic acids is 2. The van der Waals surface area contributed by atoms with Crippen molar-refractivity contribution >= 4 is 17.6 Å². The zero-order valence-corrected chi connectivity index (χ0v) is 18.3. The van der Waals surface area contributed by atoms with Crippen molar-refractivity contribution in [1.82, 2.24) is 25.7 Å². The monoisotopic (exact) mass is 448 g/mol. The Bertz CT molecular complexity index is 1030. The summed E-state index contributed by atoms with van der Waals surface area (Å²) in [4.78, 5) is 26.8. The Hall–Kier alpha value is -3.69. The molecule has 1 aliphatic heterocycles. The largest absolute Gasteiger partial charge is 0.379 e. The molecule has 9 nitrogen and oxygen atoms in total. The first-order valence-corrected chi connectivity index (χ1v) is 11.0. The van der Waals surface area contributed by atoms with Crippen LogP contribution in [0.1, 0.15) is 15.9 Å². The number of anilines is 1. The average Bonchev–Trinajstić information content (AvgIpc) is 3.39. The molecule has 0 spiro atoms. The van der Waals surface area contributed by atoms with Crippen LogP contribution < -0.4 is 16.0 Å². The van der Waals surface area contributed by atoms with Crippen molar-refractivity contribution in [1.29, 1.82) is 0 Å². The first kappa shape index (κ1) is 22.5. The van der Waals surface area contributed by atoms with E-state index in [2.05, 4.69) is 31.0 Å². The molecule has 3 aromatic rings. The fourth-order valence-electron chi connectivity index (χ4n) is 3.54. The predicted octanol–water partition coefficient (Wildman–Crippen LogP) is 2.46. The quantitative estimate of drug-likeness (QED) is 0.423. The molecule has 4 N–H and O–H groups in total. The van der Waals surface area contributed by atoms with Crippen LogP contribution in [0, 0.1) is 0 Å². The molecule has 0 unspecified atom stereocenters. The van der Waals surface area contributed by atoms with Crippen molar-refractivity contribution in [2.75, 3.05) is 44.7 Å². The number of aromatic nitrogens is 2. The normalized spacial score (nSPS) is 13.9. The van der Waals surface area contributed by atoms with E-state index < -0.39 is 0 Å². The van der Waals surface area contributed by atoms with Crippen molar-refractivity contribution in [2.24, 2.45) is 0 Å². The Balaban J connectivity index is 1.18. The third kappa shape index (κ3) is 6.64. The molecule has 1 fully saturated rings. The Morgan fingerprint density at radius 1 is 0.970 bits per heavy atom. The Morgan fingerprint density at radius 2 is 1.73 bits per heavy atom. The third-order valence-corrected chi connectivity index (χ3v) is 5.46. The standard InChI is InChI=1S/C24H28N6O3/c31-23(25-9-10-30-11-13-33-14-12-30)20-3-1-18(2-4-20)15-26-24(32)29-22-7-5-19(6-8-22)21-16-27-28-17-21/h1-8,16-17H,9-15H2,(H,25,31)(H,27,28)(H2,26,29,32). The second kappa shape index (κ2) is 11.3. The lowest BCUT2D eigenvalue weighted by Gasteiger charge is -2.26. The maximum Gasteiger partial charge on any atom is 0.319 e. The van der Waals surface area contributed by atoms with E-state index in [9.17, 15) is 9.59 Å². The van der Waals surface area contributed by atoms with Crippen LogP contribution in [0.3, 0.4) is 0 Å². The van der Waals surface area contributed by atoms with Crippen molar-refractivity contribution in [3.8, 4) is 11.1 Å². The number of nitrogens with one attached hydrogen (secondary N) is 4. The minimum Gasteiger partial charge on any atom is -0.379 e. The number of H-pyrrole nitrogens is 1. The number of carbonyl (C=O) groups is 2. The summed E-state index contributed by atoms with van der Waals surface area (Å²) >= 11 is 0. The number of hydrogen-bond acceptors (Lipinski definition) is 5. The maximum absolute atomic E-state index is 12.3. The topological polar surface area (TPSA) is 111 Å². The summed E-state index contributed by atoms with van der Waals surface area (Å²) in [5, 5.41) is 15.3. The van der Waals surface area contributed by atoms with Gasteiger partial charge in [0.2, 0.25) is 0 Å². The number of morpholine rings is 1. The van der Waals surface area contributed by atoms with Crippen molar-refractivity contribution in [2.45, 2.75) is 6.54 Å². The van der Waals surface area contributed by atoms with Crippen molar-refractivity contribution in [3.05, 3.63) is 72.1 Å². The average molecular weight is 449 g/mol. The van der Waals surface area contributed by atoms with E-state index in [1.165, 1.54) is 0 Å². The Labute approximate surface area is 192 Å². The van der Waals surface area contributed by atoms with E-state index >= 15 is 0 Å². The Kier molecular flexibility index (Phi) is 7.68. The van der Waals surface area contributed by atoms with Crippen LogP contribution >= 0.6 is 0 Å². The number of benzene rings is 2. The van der Waals surface area contributed by atoms with Gasteiger partial charge in [-0.15, -0.1) is 0 Å². The van der Waals surface area contributed by atoms with E-state index in [4.69, 9.17) is 4.74 Å². The van der Waals surface area contributed by atoms with Gasteiger partial charge in [-0.2, -0.15) is 5.10 Å². The molecule has 2 heterocycles. The van der Waals surface area contributed by atoms with E-state index in [-0.39, 0.29) is 11.9 Å². The summed E-state index contributed by atoms with van der Waals surface area (Å²) in [7, 11) is 0. The van der Waals surface area contributed by atoms with Gasteiger partial charge in [-0.1, -0.05) is 24.3 Å². The highest BCUT2D eigenvalue weighted by molar-refractivity contribution is 5.94. The predicted molar refractivity (Wildman–Crippen MR) is 126 cm³/mol. The number of hydrogen-bond donors (Lipinski definition) is 4. The molecule has 4 rings (SSSR count). The minimum atomic E-state index is -0.295. The first-order chi connectivity index (χ1) is 16.2. The molecule has 0 atom stereocenters. The molecular formula is C24H28N6O3. The molecule has 0 saturated carbocycles. The lowest BCUT2D eigenvalue weighted by Crippen LogP contribution is -2.41.